The van der Waals surface area contributed by atoms with E-state index < -0.39 is 46.1 Å². The van der Waals surface area contributed by atoms with Gasteiger partial charge in [0.05, 0.1) is 29.2 Å². The van der Waals surface area contributed by atoms with Crippen molar-refractivity contribution >= 4 is 10.5 Å². The van der Waals surface area contributed by atoms with E-state index in [4.69, 9.17) is 10.5 Å². The zero-order valence-corrected chi connectivity index (χ0v) is 19.5. The first-order valence-electron chi connectivity index (χ1n) is 10.6. The Kier molecular flexibility index (Phi) is 8.07. The number of aryl methyl sites for hydroxylation is 1. The minimum Gasteiger partial charge on any atom is -0.493 e. The molecule has 2 aromatic carbocycles. The van der Waals surface area contributed by atoms with Crippen molar-refractivity contribution in [2.75, 3.05) is 13.2 Å². The minimum absolute atomic E-state index is 0.00826. The molecule has 0 saturated heterocycles. The molecule has 35 heavy (non-hydrogen) atoms. The molecule has 0 spiro atoms. The highest BCUT2D eigenvalue weighted by Gasteiger charge is 2.39. The molecule has 0 radical (unpaired) electrons. The molecular formula is C23H24F6N3O2S+. The topological polar surface area (TPSA) is 81.3 Å². The van der Waals surface area contributed by atoms with Crippen LogP contribution in [0.4, 0.5) is 26.3 Å². The van der Waals surface area contributed by atoms with Crippen LogP contribution in [-0.2, 0) is 24.3 Å². The third kappa shape index (κ3) is 6.71. The maximum atomic E-state index is 13.7. The van der Waals surface area contributed by atoms with E-state index in [0.29, 0.717) is 24.8 Å². The van der Waals surface area contributed by atoms with E-state index in [0.717, 1.165) is 18.2 Å². The smallest absolute Gasteiger partial charge is 0.420 e. The molecule has 1 aromatic heterocycles. The fourth-order valence-electron chi connectivity index (χ4n) is 3.29. The predicted octanol–water partition coefficient (Wildman–Crippen LogP) is 5.82. The quantitative estimate of drug-likeness (QED) is 0.211. The Morgan fingerprint density at radius 2 is 1.66 bits per heavy atom. The second kappa shape index (κ2) is 10.5. The summed E-state index contributed by atoms with van der Waals surface area (Å²) in [6, 6.07) is 8.47. The van der Waals surface area contributed by atoms with Crippen molar-refractivity contribution in [2.24, 2.45) is 5.73 Å². The second-order valence-electron chi connectivity index (χ2n) is 8.20. The summed E-state index contributed by atoms with van der Waals surface area (Å²) in [5.41, 5.74) is 5.19. The van der Waals surface area contributed by atoms with Gasteiger partial charge in [0.25, 0.3) is 10.5 Å². The molecule has 3 rings (SSSR count). The standard InChI is InChI=1S/C23H24F6N3O2S/c1-21(30,13-33)20-32-31-14-35(20)17-9-10-19(18(12-17)23(27,28)29)34-11-3-2-4-15-5-7-16(8-6-15)22(24,25)26/h5-10,12,14,33H,2-4,11,13,30H2,1H3/q+1/t21-,35?/m0/s1. The van der Waals surface area contributed by atoms with Crippen molar-refractivity contribution in [3.63, 3.8) is 0 Å². The summed E-state index contributed by atoms with van der Waals surface area (Å²) in [6.07, 6.45) is -7.66. The van der Waals surface area contributed by atoms with E-state index >= 15 is 0 Å². The Labute approximate surface area is 200 Å². The maximum absolute atomic E-state index is 13.7. The summed E-state index contributed by atoms with van der Waals surface area (Å²) in [4.78, 5) is 0.289. The Morgan fingerprint density at radius 3 is 2.26 bits per heavy atom. The largest absolute Gasteiger partial charge is 0.493 e. The summed E-state index contributed by atoms with van der Waals surface area (Å²) in [7, 11) is -1.04. The van der Waals surface area contributed by atoms with E-state index in [1.807, 2.05) is 0 Å². The molecule has 3 aromatic rings. The molecule has 0 bridgehead atoms. The summed E-state index contributed by atoms with van der Waals surface area (Å²) in [6.45, 7) is 1.08. The van der Waals surface area contributed by atoms with E-state index in [2.05, 4.69) is 10.2 Å². The van der Waals surface area contributed by atoms with Gasteiger partial charge in [0.1, 0.15) is 16.9 Å². The Hall–Kier alpha value is -2.70. The van der Waals surface area contributed by atoms with Crippen LogP contribution in [0.1, 0.15) is 41.5 Å². The maximum Gasteiger partial charge on any atom is 0.420 e. The van der Waals surface area contributed by atoms with E-state index in [9.17, 15) is 31.4 Å². The fraction of sp³-hybridized carbons (Fsp3) is 0.391. The van der Waals surface area contributed by atoms with Gasteiger partial charge in [-0.15, -0.1) is 0 Å². The monoisotopic (exact) mass is 520 g/mol. The van der Waals surface area contributed by atoms with Crippen LogP contribution in [0.5, 0.6) is 5.75 Å². The second-order valence-corrected chi connectivity index (χ2v) is 9.94. The third-order valence-electron chi connectivity index (χ3n) is 5.24. The molecule has 0 aliphatic carbocycles. The number of rotatable bonds is 9. The molecule has 0 aliphatic rings. The van der Waals surface area contributed by atoms with Gasteiger partial charge in [-0.05, 0) is 49.9 Å². The first-order chi connectivity index (χ1) is 16.3. The van der Waals surface area contributed by atoms with E-state index in [1.165, 1.54) is 36.7 Å². The highest BCUT2D eigenvalue weighted by molar-refractivity contribution is 7.38. The summed E-state index contributed by atoms with van der Waals surface area (Å²) in [5, 5.41) is 17.5. The number of halogens is 6. The number of alkyl halides is 6. The van der Waals surface area contributed by atoms with Crippen molar-refractivity contribution in [1.29, 1.82) is 0 Å². The molecule has 0 aliphatic heterocycles. The van der Waals surface area contributed by atoms with Gasteiger partial charge in [-0.25, -0.2) is 0 Å². The zero-order valence-electron chi connectivity index (χ0n) is 18.7. The zero-order chi connectivity index (χ0) is 25.9. The van der Waals surface area contributed by atoms with Crippen LogP contribution < -0.4 is 10.5 Å². The lowest BCUT2D eigenvalue weighted by atomic mass is 10.1. The molecule has 1 heterocycles. The number of unbranched alkanes of at least 4 members (excludes halogenated alkanes) is 1. The van der Waals surface area contributed by atoms with Crippen LogP contribution in [-0.4, -0.2) is 28.5 Å². The van der Waals surface area contributed by atoms with E-state index in [-0.39, 0.29) is 22.3 Å². The van der Waals surface area contributed by atoms with Crippen molar-refractivity contribution in [3.8, 4) is 10.6 Å². The summed E-state index contributed by atoms with van der Waals surface area (Å²) < 4.78 is 84.5. The van der Waals surface area contributed by atoms with Crippen molar-refractivity contribution in [2.45, 2.75) is 44.1 Å². The van der Waals surface area contributed by atoms with Gasteiger partial charge in [0.2, 0.25) is 0 Å². The van der Waals surface area contributed by atoms with Crippen molar-refractivity contribution < 1.29 is 36.2 Å². The van der Waals surface area contributed by atoms with E-state index in [1.54, 1.807) is 0 Å². The van der Waals surface area contributed by atoms with Gasteiger partial charge in [0, 0.05) is 12.1 Å². The molecule has 2 atom stereocenters. The van der Waals surface area contributed by atoms with Gasteiger partial charge in [-0.2, -0.15) is 26.3 Å². The normalized spacial score (nSPS) is 14.6. The molecule has 190 valence electrons. The predicted molar refractivity (Wildman–Crippen MR) is 119 cm³/mol. The number of nitrogens with two attached hydrogens (primary N) is 1. The molecule has 1 unspecified atom stereocenters. The number of aromatic nitrogens is 2. The molecule has 12 heteroatoms. The molecule has 0 amide bonds. The van der Waals surface area contributed by atoms with Gasteiger partial charge in [-0.1, -0.05) is 22.3 Å². The van der Waals surface area contributed by atoms with Crippen molar-refractivity contribution in [1.82, 2.24) is 10.2 Å². The Morgan fingerprint density at radius 1 is 0.971 bits per heavy atom. The number of hydrogen-bond donors (Lipinski definition) is 2. The summed E-state index contributed by atoms with van der Waals surface area (Å²) in [5.74, 6) is -0.327. The average molecular weight is 521 g/mol. The lowest BCUT2D eigenvalue weighted by molar-refractivity contribution is -0.139. The first-order valence-corrected chi connectivity index (χ1v) is 11.9. The van der Waals surface area contributed by atoms with Crippen LogP contribution >= 0.6 is 10.5 Å². The highest BCUT2D eigenvalue weighted by atomic mass is 32.2. The lowest BCUT2D eigenvalue weighted by Gasteiger charge is -2.16. The Bertz CT molecular complexity index is 1130. The van der Waals surface area contributed by atoms with Crippen molar-refractivity contribution in [3.05, 3.63) is 69.7 Å². The molecule has 5 nitrogen and oxygen atoms in total. The first kappa shape index (κ1) is 26.9. The van der Waals surface area contributed by atoms with Crippen LogP contribution in [0.2, 0.25) is 0 Å². The van der Waals surface area contributed by atoms with Crippen LogP contribution in [0, 0.1) is 0 Å². The summed E-state index contributed by atoms with van der Waals surface area (Å²) >= 11 is 0. The lowest BCUT2D eigenvalue weighted by Crippen LogP contribution is -2.37. The molecule has 3 N–H and O–H groups in total. The third-order valence-corrected chi connectivity index (χ3v) is 7.27. The SMILES string of the molecule is C[C@](N)(CO)c1nnc[s+]1-c1ccc(OCCCCc2ccc(C(F)(F)F)cc2)c(C(F)(F)F)c1. The Balaban J connectivity index is 1.66. The van der Waals surface area contributed by atoms with Crippen LogP contribution in [0.3, 0.4) is 0 Å². The molecular weight excluding hydrogens is 496 g/mol. The van der Waals surface area contributed by atoms with Gasteiger partial charge in [-0.3, -0.25) is 0 Å². The number of nitrogens with zero attached hydrogens (tertiary/aromatic N) is 2. The molecule has 0 saturated carbocycles. The number of aliphatic hydroxyl groups is 1. The number of benzene rings is 2. The average Bonchev–Trinajstić information content (AvgIpc) is 3.29. The van der Waals surface area contributed by atoms with Gasteiger partial charge >= 0.3 is 12.4 Å². The minimum atomic E-state index is -4.67. The van der Waals surface area contributed by atoms with Crippen LogP contribution in [0.25, 0.3) is 4.90 Å². The fourth-order valence-corrected chi connectivity index (χ4v) is 5.04. The van der Waals surface area contributed by atoms with Gasteiger partial charge < -0.3 is 15.6 Å². The highest BCUT2D eigenvalue weighted by Crippen LogP contribution is 2.43. The number of ether oxygens (including phenoxy) is 1. The molecule has 0 fully saturated rings. The number of hydrogen-bond acceptors (Lipinski definition) is 5. The van der Waals surface area contributed by atoms with Crippen LogP contribution in [0.15, 0.2) is 48.0 Å². The number of aliphatic hydroxyl groups excluding tert-OH is 1. The van der Waals surface area contributed by atoms with Gasteiger partial charge in [0.15, 0.2) is 4.90 Å².